The highest BCUT2D eigenvalue weighted by atomic mass is 32.1. The van der Waals surface area contributed by atoms with E-state index in [1.165, 1.54) is 12.8 Å². The summed E-state index contributed by atoms with van der Waals surface area (Å²) in [5, 5.41) is 0. The lowest BCUT2D eigenvalue weighted by molar-refractivity contribution is -0.128. The van der Waals surface area contributed by atoms with E-state index < -0.39 is 0 Å². The van der Waals surface area contributed by atoms with Crippen molar-refractivity contribution >= 4 is 18.5 Å². The van der Waals surface area contributed by atoms with Crippen LogP contribution in [-0.2, 0) is 4.79 Å². The van der Waals surface area contributed by atoms with Crippen molar-refractivity contribution in [2.75, 3.05) is 18.8 Å². The number of carbonyl (C=O) groups is 1. The Balaban J connectivity index is 2.39. The van der Waals surface area contributed by atoms with Crippen molar-refractivity contribution in [1.29, 1.82) is 0 Å². The molecule has 0 aromatic carbocycles. The zero-order valence-corrected chi connectivity index (χ0v) is 10.8. The van der Waals surface area contributed by atoms with E-state index in [1.54, 1.807) is 0 Å². The van der Waals surface area contributed by atoms with Crippen molar-refractivity contribution < 1.29 is 4.79 Å². The molecule has 2 atom stereocenters. The lowest BCUT2D eigenvalue weighted by atomic mass is 10.0. The van der Waals surface area contributed by atoms with Crippen molar-refractivity contribution in [2.24, 2.45) is 11.8 Å². The van der Waals surface area contributed by atoms with E-state index in [4.69, 9.17) is 0 Å². The van der Waals surface area contributed by atoms with Crippen LogP contribution in [0.4, 0.5) is 0 Å². The Kier molecular flexibility index (Phi) is 5.51. The molecule has 3 heteroatoms. The van der Waals surface area contributed by atoms with Crippen molar-refractivity contribution in [1.82, 2.24) is 4.90 Å². The molecule has 1 fully saturated rings. The molecule has 0 spiro atoms. The quantitative estimate of drug-likeness (QED) is 0.694. The number of nitrogens with zero attached hydrogens (tertiary/aromatic N) is 1. The predicted octanol–water partition coefficient (Wildman–Crippen LogP) is 2.59. The smallest absolute Gasteiger partial charge is 0.222 e. The Bertz CT molecular complexity index is 204. The van der Waals surface area contributed by atoms with Gasteiger partial charge in [-0.05, 0) is 24.0 Å². The van der Waals surface area contributed by atoms with Gasteiger partial charge in [0.1, 0.15) is 0 Å². The number of thiol groups is 1. The van der Waals surface area contributed by atoms with Crippen molar-refractivity contribution in [2.45, 2.75) is 39.5 Å². The lowest BCUT2D eigenvalue weighted by Crippen LogP contribution is -2.31. The minimum Gasteiger partial charge on any atom is -0.342 e. The van der Waals surface area contributed by atoms with E-state index in [0.717, 1.165) is 31.7 Å². The molecular weight excluding hydrogens is 206 g/mol. The molecule has 1 amide bonds. The number of hydrogen-bond acceptors (Lipinski definition) is 2. The van der Waals surface area contributed by atoms with Crippen LogP contribution in [0.3, 0.4) is 0 Å². The Morgan fingerprint density at radius 2 is 2.27 bits per heavy atom. The summed E-state index contributed by atoms with van der Waals surface area (Å²) in [6.07, 6.45) is 4.28. The summed E-state index contributed by atoms with van der Waals surface area (Å²) in [6.45, 7) is 6.26. The summed E-state index contributed by atoms with van der Waals surface area (Å²) >= 11 is 4.32. The summed E-state index contributed by atoms with van der Waals surface area (Å²) in [4.78, 5) is 13.8. The average Bonchev–Trinajstić information content (AvgIpc) is 2.56. The Morgan fingerprint density at radius 3 is 2.80 bits per heavy atom. The fraction of sp³-hybridized carbons (Fsp3) is 0.917. The van der Waals surface area contributed by atoms with Gasteiger partial charge < -0.3 is 4.90 Å². The first kappa shape index (κ1) is 12.9. The van der Waals surface area contributed by atoms with Crippen LogP contribution in [-0.4, -0.2) is 29.6 Å². The Morgan fingerprint density at radius 1 is 1.53 bits per heavy atom. The Labute approximate surface area is 98.8 Å². The molecular formula is C12H23NOS. The topological polar surface area (TPSA) is 20.3 Å². The normalized spacial score (nSPS) is 23.5. The van der Waals surface area contributed by atoms with Gasteiger partial charge >= 0.3 is 0 Å². The van der Waals surface area contributed by atoms with Gasteiger partial charge in [0, 0.05) is 19.5 Å². The largest absolute Gasteiger partial charge is 0.342 e. The van der Waals surface area contributed by atoms with E-state index >= 15 is 0 Å². The second kappa shape index (κ2) is 6.41. The van der Waals surface area contributed by atoms with Gasteiger partial charge in [-0.2, -0.15) is 12.6 Å². The third-order valence-corrected chi connectivity index (χ3v) is 3.82. The molecule has 0 saturated carbocycles. The maximum absolute atomic E-state index is 11.7. The van der Waals surface area contributed by atoms with Gasteiger partial charge in [-0.1, -0.05) is 26.7 Å². The van der Waals surface area contributed by atoms with Crippen molar-refractivity contribution in [3.05, 3.63) is 0 Å². The minimum atomic E-state index is 0.355. The molecule has 0 N–H and O–H groups in total. The van der Waals surface area contributed by atoms with Crippen LogP contribution in [0.1, 0.15) is 39.5 Å². The molecule has 1 rings (SSSR count). The highest BCUT2D eigenvalue weighted by Gasteiger charge is 2.29. The van der Waals surface area contributed by atoms with Crippen LogP contribution in [0.15, 0.2) is 0 Å². The third kappa shape index (κ3) is 3.71. The molecule has 2 unspecified atom stereocenters. The average molecular weight is 229 g/mol. The zero-order chi connectivity index (χ0) is 11.3. The van der Waals surface area contributed by atoms with E-state index in [-0.39, 0.29) is 0 Å². The standard InChI is InChI=1S/C12H23NOS/c1-3-5-11-6-12(14)13(8-11)7-10(4-2)9-15/h10-11,15H,3-9H2,1-2H3. The van der Waals surface area contributed by atoms with Gasteiger partial charge in [0.15, 0.2) is 0 Å². The SMILES string of the molecule is CCCC1CC(=O)N(CC(CC)CS)C1. The predicted molar refractivity (Wildman–Crippen MR) is 67.2 cm³/mol. The summed E-state index contributed by atoms with van der Waals surface area (Å²) in [5.74, 6) is 2.42. The van der Waals surface area contributed by atoms with Crippen LogP contribution in [0, 0.1) is 11.8 Å². The van der Waals surface area contributed by atoms with Gasteiger partial charge in [0.05, 0.1) is 0 Å². The number of carbonyl (C=O) groups excluding carboxylic acids is 1. The molecule has 0 radical (unpaired) electrons. The molecule has 0 aliphatic carbocycles. The van der Waals surface area contributed by atoms with Crippen LogP contribution >= 0.6 is 12.6 Å². The number of likely N-dealkylation sites (tertiary alicyclic amines) is 1. The molecule has 88 valence electrons. The molecule has 0 aromatic heterocycles. The van der Waals surface area contributed by atoms with Gasteiger partial charge in [-0.25, -0.2) is 0 Å². The van der Waals surface area contributed by atoms with Crippen LogP contribution in [0.25, 0.3) is 0 Å². The van der Waals surface area contributed by atoms with Crippen LogP contribution in [0.2, 0.25) is 0 Å². The minimum absolute atomic E-state index is 0.355. The first-order valence-corrected chi connectivity index (χ1v) is 6.73. The van der Waals surface area contributed by atoms with Crippen molar-refractivity contribution in [3.63, 3.8) is 0 Å². The molecule has 0 aromatic rings. The summed E-state index contributed by atoms with van der Waals surface area (Å²) in [6, 6.07) is 0. The van der Waals surface area contributed by atoms with Gasteiger partial charge in [0.2, 0.25) is 5.91 Å². The van der Waals surface area contributed by atoms with E-state index in [9.17, 15) is 4.79 Å². The summed E-state index contributed by atoms with van der Waals surface area (Å²) in [5.41, 5.74) is 0. The van der Waals surface area contributed by atoms with Crippen molar-refractivity contribution in [3.8, 4) is 0 Å². The zero-order valence-electron chi connectivity index (χ0n) is 9.91. The van der Waals surface area contributed by atoms with E-state index in [0.29, 0.717) is 17.7 Å². The van der Waals surface area contributed by atoms with Gasteiger partial charge in [0.25, 0.3) is 0 Å². The molecule has 1 aliphatic rings. The maximum Gasteiger partial charge on any atom is 0.222 e. The molecule has 1 aliphatic heterocycles. The van der Waals surface area contributed by atoms with E-state index in [1.807, 2.05) is 4.90 Å². The fourth-order valence-electron chi connectivity index (χ4n) is 2.26. The molecule has 15 heavy (non-hydrogen) atoms. The summed E-state index contributed by atoms with van der Waals surface area (Å²) < 4.78 is 0. The fourth-order valence-corrected chi connectivity index (χ4v) is 2.63. The van der Waals surface area contributed by atoms with E-state index in [2.05, 4.69) is 26.5 Å². The number of hydrogen-bond donors (Lipinski definition) is 1. The number of rotatable bonds is 6. The van der Waals surface area contributed by atoms with Crippen LogP contribution < -0.4 is 0 Å². The highest BCUT2D eigenvalue weighted by molar-refractivity contribution is 7.80. The third-order valence-electron chi connectivity index (χ3n) is 3.31. The maximum atomic E-state index is 11.7. The van der Waals surface area contributed by atoms with Crippen LogP contribution in [0.5, 0.6) is 0 Å². The molecule has 1 saturated heterocycles. The summed E-state index contributed by atoms with van der Waals surface area (Å²) in [7, 11) is 0. The van der Waals surface area contributed by atoms with Gasteiger partial charge in [-0.3, -0.25) is 4.79 Å². The molecule has 0 bridgehead atoms. The number of amides is 1. The molecule has 1 heterocycles. The Hall–Kier alpha value is -0.180. The highest BCUT2D eigenvalue weighted by Crippen LogP contribution is 2.23. The first-order valence-electron chi connectivity index (χ1n) is 6.09. The monoisotopic (exact) mass is 229 g/mol. The second-order valence-corrected chi connectivity index (χ2v) is 4.98. The first-order chi connectivity index (χ1) is 7.21. The van der Waals surface area contributed by atoms with Gasteiger partial charge in [-0.15, -0.1) is 0 Å². The molecule has 2 nitrogen and oxygen atoms in total. The lowest BCUT2D eigenvalue weighted by Gasteiger charge is -2.21. The second-order valence-electron chi connectivity index (χ2n) is 4.61.